The van der Waals surface area contributed by atoms with Crippen LogP contribution >= 0.6 is 0 Å². The van der Waals surface area contributed by atoms with Gasteiger partial charge in [-0.3, -0.25) is 0 Å². The third kappa shape index (κ3) is 4.25. The van der Waals surface area contributed by atoms with Crippen molar-refractivity contribution in [3.8, 4) is 0 Å². The maximum atomic E-state index is 12.1. The molecule has 5 aliphatic carbocycles. The summed E-state index contributed by atoms with van der Waals surface area (Å²) in [6.07, 6.45) is 0.313. The lowest BCUT2D eigenvalue weighted by molar-refractivity contribution is -0.331. The standard InChI is InChI=1S/C37H62O9/c1-31(2,3)24-10-11-35(8,46-24)28-19(39)16-34(7)22-15-20(44-30-27(43)26(42)25(41)21(17-38)45-30)29-32(4,5)23(40)9-12-37(29)18-36(22,37)14-13-33(28,34)6/h19-30,38-43H,9-18H2,1-8H3/t19-,20-,21?,22?,23-,24?,25?,26?,27?,28?,29?,30?,33+,34-,35?,36?,37?/m0/s1. The average Bonchev–Trinajstić information content (AvgIpc) is 3.33. The van der Waals surface area contributed by atoms with Gasteiger partial charge < -0.3 is 44.8 Å². The minimum absolute atomic E-state index is 0.00526. The van der Waals surface area contributed by atoms with Gasteiger partial charge >= 0.3 is 0 Å². The van der Waals surface area contributed by atoms with Crippen LogP contribution < -0.4 is 0 Å². The van der Waals surface area contributed by atoms with Gasteiger partial charge in [0.2, 0.25) is 0 Å². The average molecular weight is 651 g/mol. The quantitative estimate of drug-likeness (QED) is 0.251. The van der Waals surface area contributed by atoms with Crippen molar-refractivity contribution in [1.29, 1.82) is 0 Å². The molecule has 0 aromatic carbocycles. The van der Waals surface area contributed by atoms with Crippen LogP contribution in [0.5, 0.6) is 0 Å². The van der Waals surface area contributed by atoms with Crippen LogP contribution in [0.15, 0.2) is 0 Å². The van der Waals surface area contributed by atoms with Crippen molar-refractivity contribution >= 4 is 0 Å². The van der Waals surface area contributed by atoms with Gasteiger partial charge in [-0.2, -0.15) is 0 Å². The van der Waals surface area contributed by atoms with Gasteiger partial charge in [0.25, 0.3) is 0 Å². The molecule has 6 N–H and O–H groups in total. The summed E-state index contributed by atoms with van der Waals surface area (Å²) in [6.45, 7) is 17.6. The van der Waals surface area contributed by atoms with Crippen molar-refractivity contribution in [1.82, 2.24) is 0 Å². The maximum Gasteiger partial charge on any atom is 0.186 e. The minimum Gasteiger partial charge on any atom is -0.394 e. The first kappa shape index (κ1) is 34.1. The molecular weight excluding hydrogens is 588 g/mol. The van der Waals surface area contributed by atoms with Gasteiger partial charge in [0.1, 0.15) is 24.4 Å². The number of aliphatic hydroxyl groups is 6. The SMILES string of the molecule is CC(C)(C)C1CCC(C)(C2[C@@H](O)C[C@@]3(C)C4C[C@H](OC5OC(CO)C(O)C(O)C5O)C5C(C)(C)[C@@H](O)CCC56CC46CC[C@]23C)O1. The van der Waals surface area contributed by atoms with Crippen molar-refractivity contribution in [3.05, 3.63) is 0 Å². The van der Waals surface area contributed by atoms with Crippen molar-refractivity contribution in [3.63, 3.8) is 0 Å². The summed E-state index contributed by atoms with van der Waals surface area (Å²) >= 11 is 0. The number of hydrogen-bond acceptors (Lipinski definition) is 9. The third-order valence-electron chi connectivity index (χ3n) is 16.1. The van der Waals surface area contributed by atoms with E-state index < -0.39 is 60.5 Å². The van der Waals surface area contributed by atoms with E-state index in [0.717, 1.165) is 44.9 Å². The molecule has 9 nitrogen and oxygen atoms in total. The number of rotatable bonds is 4. The Labute approximate surface area is 275 Å². The predicted molar refractivity (Wildman–Crippen MR) is 170 cm³/mol. The summed E-state index contributed by atoms with van der Waals surface area (Å²) in [5.74, 6) is 0.265. The van der Waals surface area contributed by atoms with Gasteiger partial charge in [-0.15, -0.1) is 0 Å². The number of hydrogen-bond donors (Lipinski definition) is 6. The Morgan fingerprint density at radius 2 is 1.48 bits per heavy atom. The van der Waals surface area contributed by atoms with Crippen LogP contribution in [0, 0.1) is 50.2 Å². The molecule has 2 saturated heterocycles. The van der Waals surface area contributed by atoms with E-state index in [4.69, 9.17) is 14.2 Å². The van der Waals surface area contributed by atoms with Crippen molar-refractivity contribution in [2.75, 3.05) is 6.61 Å². The third-order valence-corrected chi connectivity index (χ3v) is 16.1. The maximum absolute atomic E-state index is 12.1. The summed E-state index contributed by atoms with van der Waals surface area (Å²) in [4.78, 5) is 0. The highest BCUT2D eigenvalue weighted by Gasteiger charge is 2.85. The molecule has 46 heavy (non-hydrogen) atoms. The largest absolute Gasteiger partial charge is 0.394 e. The second kappa shape index (κ2) is 10.3. The molecular formula is C37H62O9. The first-order chi connectivity index (χ1) is 21.2. The smallest absolute Gasteiger partial charge is 0.186 e. The lowest BCUT2D eigenvalue weighted by atomic mass is 9.41. The Morgan fingerprint density at radius 3 is 2.11 bits per heavy atom. The summed E-state index contributed by atoms with van der Waals surface area (Å²) in [7, 11) is 0. The van der Waals surface area contributed by atoms with Crippen LogP contribution in [-0.4, -0.2) is 98.0 Å². The van der Waals surface area contributed by atoms with Crippen molar-refractivity contribution < 1.29 is 44.8 Å². The molecule has 12 unspecified atom stereocenters. The van der Waals surface area contributed by atoms with E-state index in [1.165, 1.54) is 0 Å². The van der Waals surface area contributed by atoms with Crippen LogP contribution in [0.25, 0.3) is 0 Å². The fraction of sp³-hybridized carbons (Fsp3) is 1.00. The fourth-order valence-electron chi connectivity index (χ4n) is 13.7. The predicted octanol–water partition coefficient (Wildman–Crippen LogP) is 3.54. The zero-order valence-electron chi connectivity index (χ0n) is 29.4. The number of fused-ring (bicyclic) bond motifs is 2. The monoisotopic (exact) mass is 650 g/mol. The summed E-state index contributed by atoms with van der Waals surface area (Å²) in [6, 6.07) is 0. The summed E-state index contributed by atoms with van der Waals surface area (Å²) < 4.78 is 19.7. The molecule has 2 spiro atoms. The van der Waals surface area contributed by atoms with E-state index in [2.05, 4.69) is 55.4 Å². The van der Waals surface area contributed by atoms with E-state index in [9.17, 15) is 30.6 Å². The number of ether oxygens (including phenoxy) is 3. The lowest BCUT2D eigenvalue weighted by Crippen LogP contribution is -2.64. The Kier molecular flexibility index (Phi) is 7.67. The van der Waals surface area contributed by atoms with Crippen molar-refractivity contribution in [2.24, 2.45) is 50.2 Å². The molecule has 0 bridgehead atoms. The normalized spacial score (nSPS) is 59.3. The van der Waals surface area contributed by atoms with Crippen LogP contribution in [0.1, 0.15) is 113 Å². The highest BCUT2D eigenvalue weighted by molar-refractivity contribution is 5.33. The first-order valence-corrected chi connectivity index (χ1v) is 18.2. The van der Waals surface area contributed by atoms with Gasteiger partial charge in [-0.25, -0.2) is 0 Å². The lowest BCUT2D eigenvalue weighted by Gasteiger charge is -2.65. The van der Waals surface area contributed by atoms with Crippen LogP contribution in [0.2, 0.25) is 0 Å². The Hall–Kier alpha value is -0.360. The van der Waals surface area contributed by atoms with E-state index in [1.807, 2.05) is 0 Å². The molecule has 264 valence electrons. The van der Waals surface area contributed by atoms with Gasteiger partial charge in [0.15, 0.2) is 6.29 Å². The minimum atomic E-state index is -1.51. The topological polar surface area (TPSA) is 149 Å². The molecule has 2 aliphatic heterocycles. The second-order valence-corrected chi connectivity index (χ2v) is 19.4. The van der Waals surface area contributed by atoms with Gasteiger partial charge in [0, 0.05) is 5.92 Å². The Bertz CT molecular complexity index is 1200. The zero-order chi connectivity index (χ0) is 33.6. The highest BCUT2D eigenvalue weighted by Crippen LogP contribution is 2.89. The van der Waals surface area contributed by atoms with Crippen LogP contribution in [-0.2, 0) is 14.2 Å². The van der Waals surface area contributed by atoms with Crippen molar-refractivity contribution in [2.45, 2.75) is 174 Å². The van der Waals surface area contributed by atoms with E-state index in [1.54, 1.807) is 0 Å². The summed E-state index contributed by atoms with van der Waals surface area (Å²) in [5.41, 5.74) is -1.10. The molecule has 0 aromatic heterocycles. The Morgan fingerprint density at radius 1 is 0.783 bits per heavy atom. The van der Waals surface area contributed by atoms with E-state index >= 15 is 0 Å². The summed E-state index contributed by atoms with van der Waals surface area (Å²) in [5, 5.41) is 65.5. The fourth-order valence-corrected chi connectivity index (χ4v) is 13.7. The Balaban J connectivity index is 1.26. The molecule has 17 atom stereocenters. The molecule has 0 radical (unpaired) electrons. The van der Waals surface area contributed by atoms with E-state index in [0.29, 0.717) is 12.8 Å². The van der Waals surface area contributed by atoms with Crippen LogP contribution in [0.4, 0.5) is 0 Å². The van der Waals surface area contributed by atoms with Gasteiger partial charge in [-0.05, 0) is 109 Å². The first-order valence-electron chi connectivity index (χ1n) is 18.2. The van der Waals surface area contributed by atoms with Crippen LogP contribution in [0.3, 0.4) is 0 Å². The molecule has 2 heterocycles. The molecule has 7 fully saturated rings. The number of aliphatic hydroxyl groups excluding tert-OH is 6. The molecule has 7 rings (SSSR count). The molecule has 0 aromatic rings. The molecule has 5 saturated carbocycles. The molecule has 9 heteroatoms. The zero-order valence-corrected chi connectivity index (χ0v) is 29.4. The van der Waals surface area contributed by atoms with E-state index in [-0.39, 0.29) is 57.0 Å². The molecule has 7 aliphatic rings. The molecule has 0 amide bonds. The van der Waals surface area contributed by atoms with Gasteiger partial charge in [-0.1, -0.05) is 48.5 Å². The second-order valence-electron chi connectivity index (χ2n) is 19.4. The highest BCUT2D eigenvalue weighted by atomic mass is 16.7. The van der Waals surface area contributed by atoms with Gasteiger partial charge in [0.05, 0.1) is 36.6 Å².